The van der Waals surface area contributed by atoms with Crippen molar-refractivity contribution in [1.29, 1.82) is 0 Å². The van der Waals surface area contributed by atoms with E-state index in [9.17, 15) is 18.3 Å². The highest BCUT2D eigenvalue weighted by atomic mass is 19.4. The van der Waals surface area contributed by atoms with Gasteiger partial charge in [0, 0.05) is 12.5 Å². The van der Waals surface area contributed by atoms with Crippen molar-refractivity contribution in [3.8, 4) is 5.75 Å². The Morgan fingerprint density at radius 1 is 1.19 bits per heavy atom. The van der Waals surface area contributed by atoms with Gasteiger partial charge in [-0.3, -0.25) is 0 Å². The molecule has 0 spiro atoms. The van der Waals surface area contributed by atoms with Crippen LogP contribution in [0.25, 0.3) is 0 Å². The summed E-state index contributed by atoms with van der Waals surface area (Å²) in [6.07, 6.45) is -3.75. The van der Waals surface area contributed by atoms with Gasteiger partial charge in [-0.1, -0.05) is 26.0 Å². The van der Waals surface area contributed by atoms with Gasteiger partial charge in [-0.05, 0) is 37.6 Å². The highest BCUT2D eigenvalue weighted by Crippen LogP contribution is 2.24. The van der Waals surface area contributed by atoms with E-state index in [1.807, 2.05) is 13.8 Å². The lowest BCUT2D eigenvalue weighted by atomic mass is 9.93. The normalized spacial score (nSPS) is 15.0. The molecule has 3 nitrogen and oxygen atoms in total. The molecule has 2 N–H and O–H groups in total. The van der Waals surface area contributed by atoms with Crippen LogP contribution in [0.4, 0.5) is 13.2 Å². The molecule has 1 unspecified atom stereocenters. The predicted molar refractivity (Wildman–Crippen MR) is 75.2 cm³/mol. The van der Waals surface area contributed by atoms with Crippen molar-refractivity contribution in [2.45, 2.75) is 51.6 Å². The van der Waals surface area contributed by atoms with E-state index in [-0.39, 0.29) is 5.75 Å². The Morgan fingerprint density at radius 2 is 1.76 bits per heavy atom. The van der Waals surface area contributed by atoms with E-state index in [4.69, 9.17) is 0 Å². The Hall–Kier alpha value is -1.27. The summed E-state index contributed by atoms with van der Waals surface area (Å²) >= 11 is 0. The van der Waals surface area contributed by atoms with Crippen LogP contribution >= 0.6 is 0 Å². The van der Waals surface area contributed by atoms with Crippen LogP contribution in [0, 0.1) is 0 Å². The lowest BCUT2D eigenvalue weighted by Crippen LogP contribution is -2.34. The van der Waals surface area contributed by atoms with Gasteiger partial charge in [-0.15, -0.1) is 13.2 Å². The van der Waals surface area contributed by atoms with Crippen molar-refractivity contribution in [2.24, 2.45) is 0 Å². The summed E-state index contributed by atoms with van der Waals surface area (Å²) in [5, 5.41) is 13.5. The summed E-state index contributed by atoms with van der Waals surface area (Å²) in [5.74, 6) is -0.257. The minimum absolute atomic E-state index is 0.257. The van der Waals surface area contributed by atoms with E-state index in [0.29, 0.717) is 25.4 Å². The Bertz CT molecular complexity index is 428. The second-order valence-electron chi connectivity index (χ2n) is 5.72. The number of alkyl halides is 3. The van der Waals surface area contributed by atoms with Gasteiger partial charge in [-0.2, -0.15) is 0 Å². The number of hydrogen-bond donors (Lipinski definition) is 2. The van der Waals surface area contributed by atoms with Gasteiger partial charge in [-0.25, -0.2) is 0 Å². The third-order valence-electron chi connectivity index (χ3n) is 2.96. The molecule has 0 saturated heterocycles. The number of benzene rings is 1. The van der Waals surface area contributed by atoms with Gasteiger partial charge in [0.15, 0.2) is 0 Å². The number of nitrogens with one attached hydrogen (secondary N) is 1. The standard InChI is InChI=1S/C15H22F3NO2/c1-11(2)19-9-8-14(3,20)10-12-4-6-13(7-5-12)21-15(16,17)18/h4-7,11,19-20H,8-10H2,1-3H3. The Morgan fingerprint density at radius 3 is 2.24 bits per heavy atom. The number of halogens is 3. The van der Waals surface area contributed by atoms with Crippen LogP contribution in [-0.4, -0.2) is 29.7 Å². The maximum atomic E-state index is 12.0. The number of aliphatic hydroxyl groups is 1. The quantitative estimate of drug-likeness (QED) is 0.812. The summed E-state index contributed by atoms with van der Waals surface area (Å²) in [5.41, 5.74) is -0.145. The molecule has 0 radical (unpaired) electrons. The fourth-order valence-electron chi connectivity index (χ4n) is 1.97. The monoisotopic (exact) mass is 305 g/mol. The molecule has 0 aliphatic rings. The maximum Gasteiger partial charge on any atom is 0.573 e. The van der Waals surface area contributed by atoms with Crippen molar-refractivity contribution in [2.75, 3.05) is 6.54 Å². The molecule has 0 heterocycles. The predicted octanol–water partition coefficient (Wildman–Crippen LogP) is 3.27. The first-order valence-electron chi connectivity index (χ1n) is 6.88. The highest BCUT2D eigenvalue weighted by Gasteiger charge is 2.31. The maximum absolute atomic E-state index is 12.0. The van der Waals surface area contributed by atoms with Gasteiger partial charge >= 0.3 is 6.36 Å². The molecule has 6 heteroatoms. The SMILES string of the molecule is CC(C)NCCC(C)(O)Cc1ccc(OC(F)(F)F)cc1. The van der Waals surface area contributed by atoms with Crippen molar-refractivity contribution < 1.29 is 23.0 Å². The van der Waals surface area contributed by atoms with Gasteiger partial charge in [0.1, 0.15) is 5.75 Å². The number of ether oxygens (including phenoxy) is 1. The lowest BCUT2D eigenvalue weighted by molar-refractivity contribution is -0.274. The molecular weight excluding hydrogens is 283 g/mol. The minimum atomic E-state index is -4.68. The molecule has 1 atom stereocenters. The first kappa shape index (κ1) is 17.8. The average molecular weight is 305 g/mol. The summed E-state index contributed by atoms with van der Waals surface area (Å²) in [6, 6.07) is 5.92. The first-order chi connectivity index (χ1) is 9.57. The van der Waals surface area contributed by atoms with E-state index >= 15 is 0 Å². The molecule has 0 aliphatic heterocycles. The van der Waals surface area contributed by atoms with Crippen LogP contribution in [0.1, 0.15) is 32.8 Å². The minimum Gasteiger partial charge on any atom is -0.406 e. The molecule has 120 valence electrons. The molecular formula is C15H22F3NO2. The number of rotatable bonds is 7. The number of hydrogen-bond acceptors (Lipinski definition) is 3. The summed E-state index contributed by atoms with van der Waals surface area (Å²) in [4.78, 5) is 0. The summed E-state index contributed by atoms with van der Waals surface area (Å²) < 4.78 is 40.0. The van der Waals surface area contributed by atoms with Gasteiger partial charge in [0.25, 0.3) is 0 Å². The largest absolute Gasteiger partial charge is 0.573 e. The Labute approximate surface area is 123 Å². The molecule has 1 rings (SSSR count). The van der Waals surface area contributed by atoms with Gasteiger partial charge < -0.3 is 15.2 Å². The van der Waals surface area contributed by atoms with E-state index < -0.39 is 12.0 Å². The van der Waals surface area contributed by atoms with E-state index in [2.05, 4.69) is 10.1 Å². The average Bonchev–Trinajstić information content (AvgIpc) is 2.28. The molecule has 21 heavy (non-hydrogen) atoms. The zero-order valence-electron chi connectivity index (χ0n) is 12.5. The molecule has 1 aromatic carbocycles. The zero-order chi connectivity index (χ0) is 16.1. The van der Waals surface area contributed by atoms with Crippen LogP contribution in [-0.2, 0) is 6.42 Å². The molecule has 1 aromatic rings. The van der Waals surface area contributed by atoms with Crippen LogP contribution in [0.15, 0.2) is 24.3 Å². The summed E-state index contributed by atoms with van der Waals surface area (Å²) in [6.45, 7) is 6.44. The third-order valence-corrected chi connectivity index (χ3v) is 2.96. The van der Waals surface area contributed by atoms with Gasteiger partial charge in [0.2, 0.25) is 0 Å². The van der Waals surface area contributed by atoms with Crippen LogP contribution < -0.4 is 10.1 Å². The first-order valence-corrected chi connectivity index (χ1v) is 6.88. The Balaban J connectivity index is 2.54. The zero-order valence-corrected chi connectivity index (χ0v) is 12.5. The van der Waals surface area contributed by atoms with Crippen LogP contribution in [0.2, 0.25) is 0 Å². The smallest absolute Gasteiger partial charge is 0.406 e. The second-order valence-corrected chi connectivity index (χ2v) is 5.72. The fourth-order valence-corrected chi connectivity index (χ4v) is 1.97. The van der Waals surface area contributed by atoms with E-state index in [1.165, 1.54) is 24.3 Å². The van der Waals surface area contributed by atoms with Crippen molar-refractivity contribution in [1.82, 2.24) is 5.32 Å². The fraction of sp³-hybridized carbons (Fsp3) is 0.600. The van der Waals surface area contributed by atoms with Crippen molar-refractivity contribution in [3.63, 3.8) is 0 Å². The second kappa shape index (κ2) is 7.13. The molecule has 0 aliphatic carbocycles. The van der Waals surface area contributed by atoms with Gasteiger partial charge in [0.05, 0.1) is 5.60 Å². The molecule has 0 fully saturated rings. The lowest BCUT2D eigenvalue weighted by Gasteiger charge is -2.24. The Kier molecular flexibility index (Phi) is 6.04. The third kappa shape index (κ3) is 7.92. The summed E-state index contributed by atoms with van der Waals surface area (Å²) in [7, 11) is 0. The molecule has 0 aromatic heterocycles. The van der Waals surface area contributed by atoms with Crippen LogP contribution in [0.5, 0.6) is 5.75 Å². The highest BCUT2D eigenvalue weighted by molar-refractivity contribution is 5.28. The molecule has 0 bridgehead atoms. The van der Waals surface area contributed by atoms with Crippen molar-refractivity contribution in [3.05, 3.63) is 29.8 Å². The van der Waals surface area contributed by atoms with Crippen molar-refractivity contribution >= 4 is 0 Å². The molecule has 0 amide bonds. The molecule has 0 saturated carbocycles. The van der Waals surface area contributed by atoms with E-state index in [0.717, 1.165) is 5.56 Å². The van der Waals surface area contributed by atoms with E-state index in [1.54, 1.807) is 6.92 Å². The topological polar surface area (TPSA) is 41.5 Å². The van der Waals surface area contributed by atoms with Crippen LogP contribution in [0.3, 0.4) is 0 Å².